The van der Waals surface area contributed by atoms with Crippen LogP contribution in [0.15, 0.2) is 37.1 Å². The molecule has 0 fully saturated rings. The molecular formula is C12H13FN6. The van der Waals surface area contributed by atoms with Crippen LogP contribution < -0.4 is 5.32 Å². The second-order valence-electron chi connectivity index (χ2n) is 4.39. The number of nitrogens with one attached hydrogen (secondary N) is 1. The van der Waals surface area contributed by atoms with Gasteiger partial charge in [-0.1, -0.05) is 0 Å². The van der Waals surface area contributed by atoms with Crippen molar-refractivity contribution >= 4 is 11.6 Å². The van der Waals surface area contributed by atoms with E-state index in [2.05, 4.69) is 20.4 Å². The number of halogens is 1. The first kappa shape index (κ1) is 11.6. The van der Waals surface area contributed by atoms with Crippen molar-refractivity contribution in [1.29, 1.82) is 0 Å². The highest BCUT2D eigenvalue weighted by molar-refractivity contribution is 5.43. The molecule has 1 unspecified atom stereocenters. The molecule has 1 atom stereocenters. The number of rotatable bonds is 4. The van der Waals surface area contributed by atoms with E-state index in [1.54, 1.807) is 18.6 Å². The van der Waals surface area contributed by atoms with Crippen molar-refractivity contribution in [2.75, 3.05) is 5.32 Å². The van der Waals surface area contributed by atoms with Crippen molar-refractivity contribution < 1.29 is 4.39 Å². The van der Waals surface area contributed by atoms with Crippen LogP contribution in [0.5, 0.6) is 0 Å². The summed E-state index contributed by atoms with van der Waals surface area (Å²) in [5, 5.41) is 7.35. The SMILES string of the molecule is CC(Cn1ccnc1)Nc1nc2ccc(F)cn2n1. The zero-order valence-corrected chi connectivity index (χ0v) is 10.4. The van der Waals surface area contributed by atoms with Crippen LogP contribution in [-0.2, 0) is 6.54 Å². The first-order valence-corrected chi connectivity index (χ1v) is 5.95. The van der Waals surface area contributed by atoms with Crippen molar-refractivity contribution in [2.24, 2.45) is 0 Å². The fourth-order valence-electron chi connectivity index (χ4n) is 1.90. The molecule has 0 spiro atoms. The molecule has 0 aliphatic heterocycles. The van der Waals surface area contributed by atoms with Gasteiger partial charge in [-0.15, -0.1) is 5.10 Å². The average molecular weight is 260 g/mol. The van der Waals surface area contributed by atoms with Gasteiger partial charge < -0.3 is 9.88 Å². The predicted molar refractivity (Wildman–Crippen MR) is 68.3 cm³/mol. The van der Waals surface area contributed by atoms with Crippen LogP contribution in [-0.4, -0.2) is 30.2 Å². The molecule has 3 aromatic heterocycles. The Morgan fingerprint density at radius 1 is 1.42 bits per heavy atom. The standard InChI is InChI=1S/C12H13FN6/c1-9(6-18-5-4-14-8-18)15-12-16-11-3-2-10(13)7-19(11)17-12/h2-5,7-9H,6H2,1H3,(H,15,17). The number of hydrogen-bond acceptors (Lipinski definition) is 4. The van der Waals surface area contributed by atoms with Crippen LogP contribution >= 0.6 is 0 Å². The molecular weight excluding hydrogens is 247 g/mol. The maximum absolute atomic E-state index is 13.0. The second-order valence-corrected chi connectivity index (χ2v) is 4.39. The summed E-state index contributed by atoms with van der Waals surface area (Å²) in [5.74, 6) is 0.147. The topological polar surface area (TPSA) is 60.0 Å². The van der Waals surface area contributed by atoms with Crippen LogP contribution in [0.2, 0.25) is 0 Å². The maximum Gasteiger partial charge on any atom is 0.243 e. The summed E-state index contributed by atoms with van der Waals surface area (Å²) in [7, 11) is 0. The Hall–Kier alpha value is -2.44. The first-order chi connectivity index (χ1) is 9.20. The van der Waals surface area contributed by atoms with E-state index in [9.17, 15) is 4.39 Å². The molecule has 0 bridgehead atoms. The molecule has 3 rings (SSSR count). The molecule has 19 heavy (non-hydrogen) atoms. The molecule has 0 aliphatic rings. The third kappa shape index (κ3) is 2.54. The summed E-state index contributed by atoms with van der Waals surface area (Å²) < 4.78 is 16.4. The fourth-order valence-corrected chi connectivity index (χ4v) is 1.90. The van der Waals surface area contributed by atoms with Gasteiger partial charge in [-0.2, -0.15) is 4.98 Å². The van der Waals surface area contributed by atoms with Gasteiger partial charge in [-0.05, 0) is 19.1 Å². The van der Waals surface area contributed by atoms with E-state index in [1.165, 1.54) is 16.8 Å². The van der Waals surface area contributed by atoms with E-state index < -0.39 is 0 Å². The summed E-state index contributed by atoms with van der Waals surface area (Å²) in [6.45, 7) is 2.77. The Kier molecular flexibility index (Phi) is 2.86. The van der Waals surface area contributed by atoms with Gasteiger partial charge in [0, 0.05) is 25.0 Å². The van der Waals surface area contributed by atoms with Gasteiger partial charge in [0.1, 0.15) is 5.82 Å². The molecule has 6 nitrogen and oxygen atoms in total. The minimum absolute atomic E-state index is 0.136. The molecule has 1 N–H and O–H groups in total. The van der Waals surface area contributed by atoms with Crippen molar-refractivity contribution in [3.8, 4) is 0 Å². The lowest BCUT2D eigenvalue weighted by Crippen LogP contribution is -2.22. The van der Waals surface area contributed by atoms with Gasteiger partial charge in [0.15, 0.2) is 5.65 Å². The molecule has 98 valence electrons. The summed E-state index contributed by atoms with van der Waals surface area (Å²) in [5.41, 5.74) is 0.610. The van der Waals surface area contributed by atoms with E-state index in [0.29, 0.717) is 11.6 Å². The van der Waals surface area contributed by atoms with Crippen LogP contribution in [0.25, 0.3) is 5.65 Å². The molecule has 0 saturated heterocycles. The van der Waals surface area contributed by atoms with Gasteiger partial charge in [-0.25, -0.2) is 13.9 Å². The number of pyridine rings is 1. The largest absolute Gasteiger partial charge is 0.349 e. The van der Waals surface area contributed by atoms with E-state index in [1.807, 2.05) is 17.7 Å². The number of aromatic nitrogens is 5. The number of nitrogens with zero attached hydrogens (tertiary/aromatic N) is 5. The zero-order valence-electron chi connectivity index (χ0n) is 10.4. The number of hydrogen-bond donors (Lipinski definition) is 1. The van der Waals surface area contributed by atoms with E-state index >= 15 is 0 Å². The third-order valence-corrected chi connectivity index (χ3v) is 2.71. The Morgan fingerprint density at radius 2 is 2.32 bits per heavy atom. The normalized spacial score (nSPS) is 12.7. The molecule has 0 radical (unpaired) electrons. The summed E-state index contributed by atoms with van der Waals surface area (Å²) in [4.78, 5) is 8.26. The van der Waals surface area contributed by atoms with E-state index in [-0.39, 0.29) is 11.9 Å². The molecule has 0 saturated carbocycles. The predicted octanol–water partition coefficient (Wildman–Crippen LogP) is 1.57. The lowest BCUT2D eigenvalue weighted by Gasteiger charge is -2.12. The highest BCUT2D eigenvalue weighted by Gasteiger charge is 2.08. The van der Waals surface area contributed by atoms with Gasteiger partial charge in [0.25, 0.3) is 0 Å². The average Bonchev–Trinajstić information content (AvgIpc) is 2.97. The minimum atomic E-state index is -0.338. The van der Waals surface area contributed by atoms with E-state index in [4.69, 9.17) is 0 Å². The third-order valence-electron chi connectivity index (χ3n) is 2.71. The molecule has 3 heterocycles. The number of anilines is 1. The quantitative estimate of drug-likeness (QED) is 0.773. The Bertz CT molecular complexity index is 675. The zero-order chi connectivity index (χ0) is 13.2. The van der Waals surface area contributed by atoms with Gasteiger partial charge in [0.2, 0.25) is 5.95 Å². The summed E-state index contributed by atoms with van der Waals surface area (Å²) in [6.07, 6.45) is 6.68. The minimum Gasteiger partial charge on any atom is -0.349 e. The Morgan fingerprint density at radius 3 is 3.11 bits per heavy atom. The van der Waals surface area contributed by atoms with Crippen molar-refractivity contribution in [1.82, 2.24) is 24.1 Å². The molecule has 0 aromatic carbocycles. The fraction of sp³-hybridized carbons (Fsp3) is 0.250. The van der Waals surface area contributed by atoms with Gasteiger partial charge in [0.05, 0.1) is 12.5 Å². The monoisotopic (exact) mass is 260 g/mol. The Balaban J connectivity index is 1.74. The van der Waals surface area contributed by atoms with Crippen LogP contribution in [0.3, 0.4) is 0 Å². The maximum atomic E-state index is 13.0. The van der Waals surface area contributed by atoms with Crippen molar-refractivity contribution in [2.45, 2.75) is 19.5 Å². The molecule has 7 heteroatoms. The van der Waals surface area contributed by atoms with Gasteiger partial charge in [-0.3, -0.25) is 0 Å². The number of imidazole rings is 1. The first-order valence-electron chi connectivity index (χ1n) is 5.95. The van der Waals surface area contributed by atoms with Crippen LogP contribution in [0, 0.1) is 5.82 Å². The molecule has 0 amide bonds. The van der Waals surface area contributed by atoms with Gasteiger partial charge >= 0.3 is 0 Å². The smallest absolute Gasteiger partial charge is 0.243 e. The highest BCUT2D eigenvalue weighted by Crippen LogP contribution is 2.08. The Labute approximate surface area is 108 Å². The summed E-state index contributed by atoms with van der Waals surface area (Å²) in [6, 6.07) is 3.09. The lowest BCUT2D eigenvalue weighted by molar-refractivity contribution is 0.610. The summed E-state index contributed by atoms with van der Waals surface area (Å²) >= 11 is 0. The van der Waals surface area contributed by atoms with Crippen molar-refractivity contribution in [3.05, 3.63) is 42.9 Å². The molecule has 0 aliphatic carbocycles. The second kappa shape index (κ2) is 4.68. The highest BCUT2D eigenvalue weighted by atomic mass is 19.1. The van der Waals surface area contributed by atoms with Crippen molar-refractivity contribution in [3.63, 3.8) is 0 Å². The van der Waals surface area contributed by atoms with E-state index in [0.717, 1.165) is 6.54 Å². The molecule has 3 aromatic rings. The lowest BCUT2D eigenvalue weighted by atomic mass is 10.3. The number of fused-ring (bicyclic) bond motifs is 1. The van der Waals surface area contributed by atoms with Crippen LogP contribution in [0.1, 0.15) is 6.92 Å². The van der Waals surface area contributed by atoms with Crippen LogP contribution in [0.4, 0.5) is 10.3 Å².